The fourth-order valence-electron chi connectivity index (χ4n) is 1.74. The van der Waals surface area contributed by atoms with Crippen LogP contribution in [-0.4, -0.2) is 10.9 Å². The van der Waals surface area contributed by atoms with Gasteiger partial charge in [0, 0.05) is 0 Å². The summed E-state index contributed by atoms with van der Waals surface area (Å²) in [7, 11) is 0. The number of halogens is 2. The van der Waals surface area contributed by atoms with Crippen LogP contribution in [0.5, 0.6) is 0 Å². The Bertz CT molecular complexity index is 810. The lowest BCUT2D eigenvalue weighted by molar-refractivity contribution is 0.102. The second-order valence-corrected chi connectivity index (χ2v) is 7.50. The van der Waals surface area contributed by atoms with Crippen molar-refractivity contribution in [3.8, 4) is 0 Å². The number of fused-ring (bicyclic) bond motifs is 1. The zero-order valence-electron chi connectivity index (χ0n) is 10.2. The minimum absolute atomic E-state index is 0.297. The molecule has 3 nitrogen and oxygen atoms in total. The number of amides is 1. The molecule has 0 saturated heterocycles. The maximum Gasteiger partial charge on any atom is 0.259 e. The maximum absolute atomic E-state index is 12.1. The normalized spacial score (nSPS) is 10.9. The Morgan fingerprint density at radius 1 is 1.25 bits per heavy atom. The van der Waals surface area contributed by atoms with Crippen molar-refractivity contribution in [2.24, 2.45) is 0 Å². The van der Waals surface area contributed by atoms with Gasteiger partial charge in [-0.1, -0.05) is 40.6 Å². The SMILES string of the molecule is Cc1ccc2nc(NC(=O)c3cc(Cl)sc3Cl)sc2c1. The number of rotatable bonds is 2. The zero-order chi connectivity index (χ0) is 14.3. The first kappa shape index (κ1) is 13.8. The van der Waals surface area contributed by atoms with Crippen LogP contribution in [0.2, 0.25) is 8.67 Å². The first-order valence-corrected chi connectivity index (χ1v) is 8.05. The highest BCUT2D eigenvalue weighted by atomic mass is 35.5. The zero-order valence-corrected chi connectivity index (χ0v) is 13.4. The number of nitrogens with zero attached hydrogens (tertiary/aromatic N) is 1. The molecule has 0 fully saturated rings. The van der Waals surface area contributed by atoms with E-state index in [2.05, 4.69) is 10.3 Å². The Morgan fingerprint density at radius 2 is 2.05 bits per heavy atom. The molecule has 3 aromatic rings. The number of thiazole rings is 1. The molecule has 0 aliphatic rings. The molecule has 0 bridgehead atoms. The smallest absolute Gasteiger partial charge is 0.259 e. The van der Waals surface area contributed by atoms with Crippen molar-refractivity contribution >= 4 is 67.1 Å². The van der Waals surface area contributed by atoms with Crippen LogP contribution in [0.1, 0.15) is 15.9 Å². The van der Waals surface area contributed by atoms with Crippen molar-refractivity contribution in [1.82, 2.24) is 4.98 Å². The van der Waals surface area contributed by atoms with Gasteiger partial charge in [-0.15, -0.1) is 11.3 Å². The van der Waals surface area contributed by atoms with Gasteiger partial charge in [0.15, 0.2) is 5.13 Å². The molecule has 0 radical (unpaired) electrons. The van der Waals surface area contributed by atoms with Gasteiger partial charge in [-0.05, 0) is 30.7 Å². The average Bonchev–Trinajstić information content (AvgIpc) is 2.91. The lowest BCUT2D eigenvalue weighted by atomic mass is 10.2. The van der Waals surface area contributed by atoms with Crippen molar-refractivity contribution in [3.63, 3.8) is 0 Å². The number of hydrogen-bond donors (Lipinski definition) is 1. The number of benzene rings is 1. The summed E-state index contributed by atoms with van der Waals surface area (Å²) in [5, 5.41) is 3.30. The van der Waals surface area contributed by atoms with Gasteiger partial charge >= 0.3 is 0 Å². The number of aromatic nitrogens is 1. The number of aryl methyl sites for hydroxylation is 1. The third-order valence-corrected chi connectivity index (χ3v) is 5.09. The molecule has 20 heavy (non-hydrogen) atoms. The van der Waals surface area contributed by atoms with Crippen LogP contribution in [0.25, 0.3) is 10.2 Å². The third kappa shape index (κ3) is 2.67. The van der Waals surface area contributed by atoms with Gasteiger partial charge < -0.3 is 0 Å². The molecule has 0 aliphatic heterocycles. The number of hydrogen-bond acceptors (Lipinski definition) is 4. The first-order chi connectivity index (χ1) is 9.52. The predicted octanol–water partition coefficient (Wildman–Crippen LogP) is 5.23. The van der Waals surface area contributed by atoms with E-state index in [4.69, 9.17) is 23.2 Å². The van der Waals surface area contributed by atoms with Crippen molar-refractivity contribution in [3.05, 3.63) is 44.1 Å². The molecule has 1 amide bonds. The van der Waals surface area contributed by atoms with Gasteiger partial charge in [0.2, 0.25) is 0 Å². The van der Waals surface area contributed by atoms with Crippen molar-refractivity contribution in [1.29, 1.82) is 0 Å². The van der Waals surface area contributed by atoms with E-state index >= 15 is 0 Å². The highest BCUT2D eigenvalue weighted by molar-refractivity contribution is 7.22. The van der Waals surface area contributed by atoms with Crippen LogP contribution in [0.4, 0.5) is 5.13 Å². The van der Waals surface area contributed by atoms with Crippen LogP contribution >= 0.6 is 45.9 Å². The summed E-state index contributed by atoms with van der Waals surface area (Å²) in [4.78, 5) is 16.5. The Morgan fingerprint density at radius 3 is 2.75 bits per heavy atom. The highest BCUT2D eigenvalue weighted by Gasteiger charge is 2.16. The summed E-state index contributed by atoms with van der Waals surface area (Å²) in [6.07, 6.45) is 0. The minimum Gasteiger partial charge on any atom is -0.298 e. The molecule has 1 aromatic carbocycles. The Labute approximate surface area is 133 Å². The average molecular weight is 343 g/mol. The molecule has 0 spiro atoms. The molecule has 0 saturated carbocycles. The molecular weight excluding hydrogens is 335 g/mol. The number of carbonyl (C=O) groups is 1. The topological polar surface area (TPSA) is 42.0 Å². The molecule has 3 rings (SSSR count). The fourth-order valence-corrected chi connectivity index (χ4v) is 4.16. The monoisotopic (exact) mass is 342 g/mol. The Kier molecular flexibility index (Phi) is 3.69. The van der Waals surface area contributed by atoms with Crippen LogP contribution < -0.4 is 5.32 Å². The molecule has 102 valence electrons. The summed E-state index contributed by atoms with van der Waals surface area (Å²) in [6, 6.07) is 7.52. The maximum atomic E-state index is 12.1. The number of carbonyl (C=O) groups excluding carboxylic acids is 1. The third-order valence-electron chi connectivity index (χ3n) is 2.67. The predicted molar refractivity (Wildman–Crippen MR) is 86.6 cm³/mol. The fraction of sp³-hybridized carbons (Fsp3) is 0.0769. The summed E-state index contributed by atoms with van der Waals surface area (Å²) in [5.41, 5.74) is 2.40. The second kappa shape index (κ2) is 5.33. The summed E-state index contributed by atoms with van der Waals surface area (Å²) >= 11 is 14.4. The van der Waals surface area contributed by atoms with Crippen molar-refractivity contribution in [2.45, 2.75) is 6.92 Å². The van der Waals surface area contributed by atoms with E-state index in [9.17, 15) is 4.79 Å². The lowest BCUT2D eigenvalue weighted by Crippen LogP contribution is -2.10. The van der Waals surface area contributed by atoms with Crippen molar-refractivity contribution in [2.75, 3.05) is 5.32 Å². The van der Waals surface area contributed by atoms with E-state index in [1.807, 2.05) is 25.1 Å². The van der Waals surface area contributed by atoms with Gasteiger partial charge in [-0.2, -0.15) is 0 Å². The summed E-state index contributed by atoms with van der Waals surface area (Å²) in [6.45, 7) is 2.02. The van der Waals surface area contributed by atoms with Gasteiger partial charge in [0.1, 0.15) is 4.34 Å². The molecule has 0 aliphatic carbocycles. The molecule has 0 unspecified atom stereocenters. The standard InChI is InChI=1S/C13H8Cl2N2OS2/c1-6-2-3-8-9(4-6)19-13(16-8)17-12(18)7-5-10(14)20-11(7)15/h2-5H,1H3,(H,16,17,18). The van der Waals surface area contributed by atoms with Crippen LogP contribution in [0.15, 0.2) is 24.3 Å². The van der Waals surface area contributed by atoms with Gasteiger partial charge in [-0.25, -0.2) is 4.98 Å². The quantitative estimate of drug-likeness (QED) is 0.693. The molecule has 2 heterocycles. The highest BCUT2D eigenvalue weighted by Crippen LogP contribution is 2.32. The summed E-state index contributed by atoms with van der Waals surface area (Å²) < 4.78 is 1.90. The largest absolute Gasteiger partial charge is 0.298 e. The van der Waals surface area contributed by atoms with E-state index in [1.54, 1.807) is 6.07 Å². The number of anilines is 1. The first-order valence-electron chi connectivity index (χ1n) is 5.66. The Hall–Kier alpha value is -1.14. The number of thiophene rings is 1. The van der Waals surface area contributed by atoms with Gasteiger partial charge in [0.25, 0.3) is 5.91 Å². The molecule has 0 atom stereocenters. The van der Waals surface area contributed by atoms with Gasteiger partial charge in [0.05, 0.1) is 20.1 Å². The van der Waals surface area contributed by atoms with Gasteiger partial charge in [-0.3, -0.25) is 10.1 Å². The van der Waals surface area contributed by atoms with Crippen molar-refractivity contribution < 1.29 is 4.79 Å². The molecule has 7 heteroatoms. The lowest BCUT2D eigenvalue weighted by Gasteiger charge is -1.98. The van der Waals surface area contributed by atoms with E-state index in [0.29, 0.717) is 19.4 Å². The second-order valence-electron chi connectivity index (χ2n) is 4.18. The minimum atomic E-state index is -0.297. The Balaban J connectivity index is 1.89. The molecular formula is C13H8Cl2N2OS2. The molecule has 1 N–H and O–H groups in total. The van der Waals surface area contributed by atoms with Crippen LogP contribution in [-0.2, 0) is 0 Å². The molecule has 2 aromatic heterocycles. The van der Waals surface area contributed by atoms with E-state index < -0.39 is 0 Å². The van der Waals surface area contributed by atoms with E-state index in [1.165, 1.54) is 22.7 Å². The number of nitrogens with one attached hydrogen (secondary N) is 1. The summed E-state index contributed by atoms with van der Waals surface area (Å²) in [5.74, 6) is -0.297. The van der Waals surface area contributed by atoms with Crippen LogP contribution in [0, 0.1) is 6.92 Å². The van der Waals surface area contributed by atoms with Crippen LogP contribution in [0.3, 0.4) is 0 Å². The van der Waals surface area contributed by atoms with E-state index in [-0.39, 0.29) is 5.91 Å². The van der Waals surface area contributed by atoms with E-state index in [0.717, 1.165) is 15.8 Å².